The van der Waals surface area contributed by atoms with Crippen molar-refractivity contribution in [3.8, 4) is 0 Å². The highest BCUT2D eigenvalue weighted by Crippen LogP contribution is 2.24. The standard InChI is InChI=1S/C12H14ClNO4/c1-7(15)17-11(18-8(2)16)6-9-4-3-5-10(13)12(9)14/h3-5,11H,6,14H2,1-2H3. The van der Waals surface area contributed by atoms with E-state index in [0.29, 0.717) is 16.3 Å². The quantitative estimate of drug-likeness (QED) is 0.514. The van der Waals surface area contributed by atoms with Crippen molar-refractivity contribution < 1.29 is 19.1 Å². The first kappa shape index (κ1) is 14.3. The molecule has 0 aliphatic heterocycles. The summed E-state index contributed by atoms with van der Waals surface area (Å²) in [6, 6.07) is 5.08. The van der Waals surface area contributed by atoms with Crippen LogP contribution in [0.1, 0.15) is 19.4 Å². The van der Waals surface area contributed by atoms with Gasteiger partial charge in [-0.1, -0.05) is 23.7 Å². The van der Waals surface area contributed by atoms with Gasteiger partial charge >= 0.3 is 11.9 Å². The summed E-state index contributed by atoms with van der Waals surface area (Å²) >= 11 is 5.87. The number of anilines is 1. The summed E-state index contributed by atoms with van der Waals surface area (Å²) in [5.41, 5.74) is 6.81. The van der Waals surface area contributed by atoms with Gasteiger partial charge in [0.15, 0.2) is 0 Å². The lowest BCUT2D eigenvalue weighted by atomic mass is 10.1. The number of nitrogen functional groups attached to an aromatic ring is 1. The number of halogens is 1. The predicted molar refractivity (Wildman–Crippen MR) is 66.9 cm³/mol. The molecular formula is C12H14ClNO4. The topological polar surface area (TPSA) is 78.6 Å². The number of carbonyl (C=O) groups excluding carboxylic acids is 2. The molecule has 1 rings (SSSR count). The van der Waals surface area contributed by atoms with Crippen LogP contribution in [-0.2, 0) is 25.5 Å². The Labute approximate surface area is 110 Å². The molecule has 2 N–H and O–H groups in total. The SMILES string of the molecule is CC(=O)OC(Cc1cccc(Cl)c1N)OC(C)=O. The number of benzene rings is 1. The van der Waals surface area contributed by atoms with Gasteiger partial charge in [0.25, 0.3) is 6.29 Å². The molecule has 0 bridgehead atoms. The number of nitrogens with two attached hydrogens (primary N) is 1. The Balaban J connectivity index is 2.84. The Morgan fingerprint density at radius 2 is 1.83 bits per heavy atom. The molecule has 0 radical (unpaired) electrons. The smallest absolute Gasteiger partial charge is 0.305 e. The summed E-state index contributed by atoms with van der Waals surface area (Å²) in [6.07, 6.45) is -0.841. The first-order valence-electron chi connectivity index (χ1n) is 5.27. The fourth-order valence-corrected chi connectivity index (χ4v) is 1.61. The van der Waals surface area contributed by atoms with Crippen molar-refractivity contribution in [3.63, 3.8) is 0 Å². The third-order valence-electron chi connectivity index (χ3n) is 2.12. The van der Waals surface area contributed by atoms with Gasteiger partial charge in [-0.15, -0.1) is 0 Å². The fourth-order valence-electron chi connectivity index (χ4n) is 1.42. The highest BCUT2D eigenvalue weighted by molar-refractivity contribution is 6.33. The molecule has 0 aliphatic carbocycles. The van der Waals surface area contributed by atoms with E-state index in [0.717, 1.165) is 0 Å². The minimum absolute atomic E-state index is 0.158. The van der Waals surface area contributed by atoms with Gasteiger partial charge in [-0.2, -0.15) is 0 Å². The zero-order chi connectivity index (χ0) is 13.7. The van der Waals surface area contributed by atoms with E-state index in [1.165, 1.54) is 13.8 Å². The van der Waals surface area contributed by atoms with E-state index in [2.05, 4.69) is 0 Å². The predicted octanol–water partition coefficient (Wildman–Crippen LogP) is 1.92. The van der Waals surface area contributed by atoms with Crippen LogP contribution in [0.2, 0.25) is 5.02 Å². The third-order valence-corrected chi connectivity index (χ3v) is 2.45. The summed E-state index contributed by atoms with van der Waals surface area (Å²) in [5.74, 6) is -1.08. The molecule has 0 atom stereocenters. The lowest BCUT2D eigenvalue weighted by molar-refractivity contribution is -0.184. The van der Waals surface area contributed by atoms with Crippen LogP contribution in [0.15, 0.2) is 18.2 Å². The van der Waals surface area contributed by atoms with Crippen molar-refractivity contribution in [1.29, 1.82) is 0 Å². The van der Waals surface area contributed by atoms with Crippen LogP contribution in [-0.4, -0.2) is 18.2 Å². The summed E-state index contributed by atoms with van der Waals surface area (Å²) in [6.45, 7) is 2.47. The van der Waals surface area contributed by atoms with E-state index in [9.17, 15) is 9.59 Å². The maximum atomic E-state index is 10.9. The molecular weight excluding hydrogens is 258 g/mol. The minimum Gasteiger partial charge on any atom is -0.425 e. The van der Waals surface area contributed by atoms with Crippen molar-refractivity contribution in [2.45, 2.75) is 26.6 Å². The molecule has 0 saturated carbocycles. The van der Waals surface area contributed by atoms with Crippen molar-refractivity contribution in [1.82, 2.24) is 0 Å². The normalized spacial score (nSPS) is 10.2. The van der Waals surface area contributed by atoms with Crippen molar-refractivity contribution in [2.24, 2.45) is 0 Å². The first-order chi connectivity index (χ1) is 8.40. The van der Waals surface area contributed by atoms with Gasteiger partial charge in [-0.25, -0.2) is 0 Å². The largest absolute Gasteiger partial charge is 0.425 e. The second-order valence-electron chi connectivity index (χ2n) is 3.67. The molecule has 1 aromatic carbocycles. The molecule has 0 aromatic heterocycles. The van der Waals surface area contributed by atoms with E-state index >= 15 is 0 Å². The highest BCUT2D eigenvalue weighted by atomic mass is 35.5. The van der Waals surface area contributed by atoms with Crippen LogP contribution in [0.5, 0.6) is 0 Å². The van der Waals surface area contributed by atoms with E-state index < -0.39 is 18.2 Å². The lowest BCUT2D eigenvalue weighted by Crippen LogP contribution is -2.25. The molecule has 98 valence electrons. The van der Waals surface area contributed by atoms with Gasteiger partial charge in [0.1, 0.15) is 0 Å². The van der Waals surface area contributed by atoms with Gasteiger partial charge < -0.3 is 15.2 Å². The zero-order valence-electron chi connectivity index (χ0n) is 10.1. The number of esters is 2. The average Bonchev–Trinajstić information content (AvgIpc) is 2.23. The van der Waals surface area contributed by atoms with Gasteiger partial charge in [0.05, 0.1) is 10.7 Å². The molecule has 0 fully saturated rings. The Bertz CT molecular complexity index is 445. The Kier molecular flexibility index (Phi) is 4.97. The third kappa shape index (κ3) is 4.25. The van der Waals surface area contributed by atoms with Gasteiger partial charge in [-0.05, 0) is 11.6 Å². The maximum Gasteiger partial charge on any atom is 0.305 e. The molecule has 0 unspecified atom stereocenters. The Hall–Kier alpha value is -1.75. The van der Waals surface area contributed by atoms with Crippen LogP contribution >= 0.6 is 11.6 Å². The summed E-state index contributed by atoms with van der Waals surface area (Å²) in [4.78, 5) is 21.8. The zero-order valence-corrected chi connectivity index (χ0v) is 10.9. The number of hydrogen-bond acceptors (Lipinski definition) is 5. The summed E-state index contributed by atoms with van der Waals surface area (Å²) in [7, 11) is 0. The average molecular weight is 272 g/mol. The maximum absolute atomic E-state index is 10.9. The molecule has 6 heteroatoms. The van der Waals surface area contributed by atoms with E-state index in [4.69, 9.17) is 26.8 Å². The monoisotopic (exact) mass is 271 g/mol. The van der Waals surface area contributed by atoms with Gasteiger partial charge in [0, 0.05) is 20.3 Å². The number of rotatable bonds is 4. The van der Waals surface area contributed by atoms with Gasteiger partial charge in [0.2, 0.25) is 0 Å². The van der Waals surface area contributed by atoms with E-state index in [1.54, 1.807) is 18.2 Å². The molecule has 18 heavy (non-hydrogen) atoms. The Morgan fingerprint density at radius 3 is 2.33 bits per heavy atom. The van der Waals surface area contributed by atoms with Crippen molar-refractivity contribution >= 4 is 29.2 Å². The summed E-state index contributed by atoms with van der Waals surface area (Å²) < 4.78 is 9.76. The number of para-hydroxylation sites is 1. The Morgan fingerprint density at radius 1 is 1.28 bits per heavy atom. The van der Waals surface area contributed by atoms with Crippen LogP contribution < -0.4 is 5.73 Å². The van der Waals surface area contributed by atoms with Crippen molar-refractivity contribution in [3.05, 3.63) is 28.8 Å². The molecule has 5 nitrogen and oxygen atoms in total. The van der Waals surface area contributed by atoms with Crippen LogP contribution in [0.25, 0.3) is 0 Å². The molecule has 0 amide bonds. The van der Waals surface area contributed by atoms with Gasteiger partial charge in [-0.3, -0.25) is 9.59 Å². The number of hydrogen-bond donors (Lipinski definition) is 1. The number of carbonyl (C=O) groups is 2. The highest BCUT2D eigenvalue weighted by Gasteiger charge is 2.18. The van der Waals surface area contributed by atoms with E-state index in [-0.39, 0.29) is 6.42 Å². The summed E-state index contributed by atoms with van der Waals surface area (Å²) in [5, 5.41) is 0.400. The minimum atomic E-state index is -0.999. The van der Waals surface area contributed by atoms with E-state index in [1.807, 2.05) is 0 Å². The van der Waals surface area contributed by atoms with Crippen LogP contribution in [0.3, 0.4) is 0 Å². The second kappa shape index (κ2) is 6.26. The number of ether oxygens (including phenoxy) is 2. The first-order valence-corrected chi connectivity index (χ1v) is 5.65. The van der Waals surface area contributed by atoms with Crippen LogP contribution in [0, 0.1) is 0 Å². The molecule has 0 heterocycles. The molecule has 1 aromatic rings. The molecule has 0 saturated heterocycles. The second-order valence-corrected chi connectivity index (χ2v) is 4.07. The lowest BCUT2D eigenvalue weighted by Gasteiger charge is -2.17. The van der Waals surface area contributed by atoms with Crippen LogP contribution in [0.4, 0.5) is 5.69 Å². The molecule has 0 aliphatic rings. The fraction of sp³-hybridized carbons (Fsp3) is 0.333. The van der Waals surface area contributed by atoms with Crippen molar-refractivity contribution in [2.75, 3.05) is 5.73 Å². The molecule has 0 spiro atoms.